The third kappa shape index (κ3) is 4.23. The fourth-order valence-electron chi connectivity index (χ4n) is 2.53. The van der Waals surface area contributed by atoms with Gasteiger partial charge in [0, 0.05) is 36.8 Å². The van der Waals surface area contributed by atoms with Crippen LogP contribution in [0.5, 0.6) is 0 Å². The number of anilines is 1. The Balaban J connectivity index is 1.91. The molecule has 2 heterocycles. The molecule has 118 valence electrons. The van der Waals surface area contributed by atoms with Crippen LogP contribution in [-0.2, 0) is 9.53 Å². The monoisotopic (exact) mass is 313 g/mol. The van der Waals surface area contributed by atoms with Gasteiger partial charge in [-0.15, -0.1) is 11.3 Å². The number of nitrogens with zero attached hydrogens (tertiary/aromatic N) is 2. The number of carbonyl (C=O) groups excluding carboxylic acids is 1. The largest absolute Gasteiger partial charge is 0.396 e. The maximum Gasteiger partial charge on any atom is 0.243 e. The molecule has 0 radical (unpaired) electrons. The Morgan fingerprint density at radius 2 is 2.33 bits per heavy atom. The van der Waals surface area contributed by atoms with Gasteiger partial charge in [0.2, 0.25) is 5.91 Å². The van der Waals surface area contributed by atoms with E-state index in [-0.39, 0.29) is 24.0 Å². The Morgan fingerprint density at radius 1 is 1.62 bits per heavy atom. The van der Waals surface area contributed by atoms with Crippen LogP contribution in [0.3, 0.4) is 0 Å². The van der Waals surface area contributed by atoms with E-state index >= 15 is 0 Å². The molecule has 1 aromatic rings. The van der Waals surface area contributed by atoms with Crippen molar-refractivity contribution in [1.82, 2.24) is 9.88 Å². The third-order valence-corrected chi connectivity index (χ3v) is 4.87. The first kappa shape index (κ1) is 16.4. The lowest BCUT2D eigenvalue weighted by Crippen LogP contribution is -2.48. The van der Waals surface area contributed by atoms with Crippen LogP contribution in [0, 0.1) is 5.41 Å². The number of ether oxygens (including phenoxy) is 1. The summed E-state index contributed by atoms with van der Waals surface area (Å²) in [5.74, 6) is -0.0763. The molecular formula is C14H23N3O3S. The highest BCUT2D eigenvalue weighted by molar-refractivity contribution is 7.13. The first-order valence-electron chi connectivity index (χ1n) is 7.15. The molecule has 0 saturated carbocycles. The Hall–Kier alpha value is -1.02. The predicted molar refractivity (Wildman–Crippen MR) is 82.4 cm³/mol. The van der Waals surface area contributed by atoms with Gasteiger partial charge < -0.3 is 15.2 Å². The third-order valence-electron chi connectivity index (χ3n) is 4.18. The molecule has 1 amide bonds. The molecule has 1 saturated heterocycles. The molecule has 0 bridgehead atoms. The van der Waals surface area contributed by atoms with Crippen molar-refractivity contribution in [3.05, 3.63) is 11.6 Å². The molecule has 6 nitrogen and oxygen atoms in total. The SMILES string of the molecule is C[C@@H](C(=O)Nc1nccs1)N(C)CC1(CO)CCOCC1. The molecule has 1 aliphatic rings. The molecule has 21 heavy (non-hydrogen) atoms. The topological polar surface area (TPSA) is 74.7 Å². The summed E-state index contributed by atoms with van der Waals surface area (Å²) >= 11 is 1.40. The molecular weight excluding hydrogens is 290 g/mol. The van der Waals surface area contributed by atoms with E-state index in [4.69, 9.17) is 4.74 Å². The number of thiazole rings is 1. The first-order valence-corrected chi connectivity index (χ1v) is 8.03. The number of carbonyl (C=O) groups is 1. The number of aliphatic hydroxyl groups is 1. The first-order chi connectivity index (χ1) is 10.1. The van der Waals surface area contributed by atoms with Crippen LogP contribution < -0.4 is 5.32 Å². The lowest BCUT2D eigenvalue weighted by molar-refractivity contribution is -0.121. The van der Waals surface area contributed by atoms with E-state index < -0.39 is 0 Å². The summed E-state index contributed by atoms with van der Waals surface area (Å²) in [6.45, 7) is 4.02. The Bertz CT molecular complexity index is 446. The number of likely N-dealkylation sites (N-methyl/N-ethyl adjacent to an activating group) is 1. The van der Waals surface area contributed by atoms with Crippen molar-refractivity contribution < 1.29 is 14.6 Å². The van der Waals surface area contributed by atoms with Gasteiger partial charge in [0.05, 0.1) is 12.6 Å². The second kappa shape index (κ2) is 7.31. The van der Waals surface area contributed by atoms with Crippen LogP contribution in [0.2, 0.25) is 0 Å². The zero-order valence-electron chi connectivity index (χ0n) is 12.5. The van der Waals surface area contributed by atoms with E-state index in [1.54, 1.807) is 6.20 Å². The van der Waals surface area contributed by atoms with Crippen molar-refractivity contribution in [3.8, 4) is 0 Å². The quantitative estimate of drug-likeness (QED) is 0.825. The highest BCUT2D eigenvalue weighted by atomic mass is 32.1. The normalized spacial score (nSPS) is 19.4. The van der Waals surface area contributed by atoms with E-state index in [1.807, 2.05) is 24.3 Å². The highest BCUT2D eigenvalue weighted by Crippen LogP contribution is 2.31. The molecule has 0 aromatic carbocycles. The van der Waals surface area contributed by atoms with Gasteiger partial charge in [-0.2, -0.15) is 0 Å². The van der Waals surface area contributed by atoms with Crippen LogP contribution in [-0.4, -0.2) is 60.4 Å². The van der Waals surface area contributed by atoms with Gasteiger partial charge >= 0.3 is 0 Å². The molecule has 1 fully saturated rings. The van der Waals surface area contributed by atoms with Crippen molar-refractivity contribution >= 4 is 22.4 Å². The van der Waals surface area contributed by atoms with Gasteiger partial charge in [0.25, 0.3) is 0 Å². The Kier molecular flexibility index (Phi) is 5.69. The fourth-order valence-corrected chi connectivity index (χ4v) is 3.06. The summed E-state index contributed by atoms with van der Waals surface area (Å²) < 4.78 is 5.37. The molecule has 1 atom stereocenters. The highest BCUT2D eigenvalue weighted by Gasteiger charge is 2.35. The van der Waals surface area contributed by atoms with E-state index in [2.05, 4.69) is 10.3 Å². The lowest BCUT2D eigenvalue weighted by atomic mass is 9.80. The summed E-state index contributed by atoms with van der Waals surface area (Å²) in [5, 5.41) is 15.0. The lowest BCUT2D eigenvalue weighted by Gasteiger charge is -2.39. The van der Waals surface area contributed by atoms with Crippen molar-refractivity contribution in [2.24, 2.45) is 5.41 Å². The number of nitrogens with one attached hydrogen (secondary N) is 1. The van der Waals surface area contributed by atoms with E-state index in [1.165, 1.54) is 11.3 Å². The average Bonchev–Trinajstić information content (AvgIpc) is 3.00. The fraction of sp³-hybridized carbons (Fsp3) is 0.714. The van der Waals surface area contributed by atoms with Crippen molar-refractivity contribution in [1.29, 1.82) is 0 Å². The van der Waals surface area contributed by atoms with E-state index in [0.717, 1.165) is 12.8 Å². The molecule has 0 unspecified atom stereocenters. The van der Waals surface area contributed by atoms with Crippen molar-refractivity contribution in [2.45, 2.75) is 25.8 Å². The molecule has 1 aliphatic heterocycles. The Morgan fingerprint density at radius 3 is 2.90 bits per heavy atom. The minimum Gasteiger partial charge on any atom is -0.396 e. The minimum atomic E-state index is -0.278. The molecule has 2 rings (SSSR count). The summed E-state index contributed by atoms with van der Waals surface area (Å²) in [6, 6.07) is -0.278. The number of rotatable bonds is 6. The zero-order chi connectivity index (χ0) is 15.3. The number of aromatic nitrogens is 1. The van der Waals surface area contributed by atoms with Crippen LogP contribution in [0.1, 0.15) is 19.8 Å². The van der Waals surface area contributed by atoms with Gasteiger partial charge in [-0.25, -0.2) is 4.98 Å². The van der Waals surface area contributed by atoms with Gasteiger partial charge in [-0.3, -0.25) is 9.69 Å². The molecule has 1 aromatic heterocycles. The van der Waals surface area contributed by atoms with Crippen LogP contribution in [0.4, 0.5) is 5.13 Å². The number of aliphatic hydroxyl groups excluding tert-OH is 1. The molecule has 2 N–H and O–H groups in total. The molecule has 0 spiro atoms. The number of hydrogen-bond donors (Lipinski definition) is 2. The summed E-state index contributed by atoms with van der Waals surface area (Å²) in [5.41, 5.74) is -0.164. The summed E-state index contributed by atoms with van der Waals surface area (Å²) in [6.07, 6.45) is 3.32. The smallest absolute Gasteiger partial charge is 0.243 e. The maximum atomic E-state index is 12.2. The standard InChI is InChI=1S/C14H23N3O3S/c1-11(12(19)16-13-15-5-8-21-13)17(2)9-14(10-18)3-6-20-7-4-14/h5,8,11,18H,3-4,6-7,9-10H2,1-2H3,(H,15,16,19)/t11-/m0/s1. The molecule has 0 aliphatic carbocycles. The van der Waals surface area contributed by atoms with Crippen LogP contribution in [0.25, 0.3) is 0 Å². The Labute approximate surface area is 129 Å². The van der Waals surface area contributed by atoms with Crippen molar-refractivity contribution in [2.75, 3.05) is 38.7 Å². The minimum absolute atomic E-state index is 0.0763. The summed E-state index contributed by atoms with van der Waals surface area (Å²) in [4.78, 5) is 18.3. The number of hydrogen-bond acceptors (Lipinski definition) is 6. The molecule has 7 heteroatoms. The second-order valence-electron chi connectivity index (χ2n) is 5.69. The van der Waals surface area contributed by atoms with Gasteiger partial charge in [-0.1, -0.05) is 0 Å². The van der Waals surface area contributed by atoms with E-state index in [9.17, 15) is 9.90 Å². The second-order valence-corrected chi connectivity index (χ2v) is 6.58. The number of amides is 1. The van der Waals surface area contributed by atoms with Crippen molar-refractivity contribution in [3.63, 3.8) is 0 Å². The van der Waals surface area contributed by atoms with Crippen LogP contribution in [0.15, 0.2) is 11.6 Å². The zero-order valence-corrected chi connectivity index (χ0v) is 13.4. The van der Waals surface area contributed by atoms with Gasteiger partial charge in [0.1, 0.15) is 0 Å². The maximum absolute atomic E-state index is 12.2. The van der Waals surface area contributed by atoms with Crippen LogP contribution >= 0.6 is 11.3 Å². The predicted octanol–water partition coefficient (Wildman–Crippen LogP) is 1.19. The summed E-state index contributed by atoms with van der Waals surface area (Å²) in [7, 11) is 1.92. The average molecular weight is 313 g/mol. The van der Waals surface area contributed by atoms with Gasteiger partial charge in [-0.05, 0) is 26.8 Å². The van der Waals surface area contributed by atoms with Gasteiger partial charge in [0.15, 0.2) is 5.13 Å². The van der Waals surface area contributed by atoms with E-state index in [0.29, 0.717) is 24.9 Å².